The molecule has 1 aromatic heterocycles. The number of esters is 1. The van der Waals surface area contributed by atoms with Crippen LogP contribution in [0.3, 0.4) is 0 Å². The summed E-state index contributed by atoms with van der Waals surface area (Å²) < 4.78 is 6.61. The van der Waals surface area contributed by atoms with Crippen molar-refractivity contribution in [2.45, 2.75) is 12.5 Å². The fraction of sp³-hybridized carbons (Fsp3) is 0.286. The number of aromatic nitrogens is 1. The molecule has 0 fully saturated rings. The Bertz CT molecular complexity index is 654. The molecule has 0 saturated carbocycles. The van der Waals surface area contributed by atoms with Gasteiger partial charge in [0.1, 0.15) is 0 Å². The molecule has 1 unspecified atom stereocenters. The predicted molar refractivity (Wildman–Crippen MR) is 70.5 cm³/mol. The van der Waals surface area contributed by atoms with E-state index in [2.05, 4.69) is 9.73 Å². The zero-order valence-electron chi connectivity index (χ0n) is 10.8. The number of fused-ring (bicyclic) bond motifs is 1. The smallest absolute Gasteiger partial charge is 0.331 e. The van der Waals surface area contributed by atoms with E-state index < -0.39 is 12.0 Å². The van der Waals surface area contributed by atoms with Crippen LogP contribution in [0.4, 0.5) is 0 Å². The largest absolute Gasteiger partial charge is 0.467 e. The zero-order chi connectivity index (χ0) is 13.8. The molecule has 1 aromatic carbocycles. The molecule has 0 aliphatic rings. The number of ether oxygens (including phenoxy) is 1. The van der Waals surface area contributed by atoms with Gasteiger partial charge in [-0.15, -0.1) is 0 Å². The summed E-state index contributed by atoms with van der Waals surface area (Å²) in [7, 11) is 3.21. The Labute approximate surface area is 110 Å². The molecule has 0 spiro atoms. The van der Waals surface area contributed by atoms with E-state index in [9.17, 15) is 9.59 Å². The normalized spacial score (nSPS) is 11.9. The highest BCUT2D eigenvalue weighted by Crippen LogP contribution is 2.22. The van der Waals surface area contributed by atoms with Gasteiger partial charge in [-0.05, 0) is 11.6 Å². The lowest BCUT2D eigenvalue weighted by Gasteiger charge is -2.07. The van der Waals surface area contributed by atoms with Crippen LogP contribution in [-0.2, 0) is 27.8 Å². The van der Waals surface area contributed by atoms with Gasteiger partial charge in [-0.1, -0.05) is 18.2 Å². The number of hydrogen-bond acceptors (Lipinski definition) is 4. The van der Waals surface area contributed by atoms with Crippen LogP contribution in [0.5, 0.6) is 0 Å². The molecule has 2 rings (SSSR count). The molecule has 1 atom stereocenters. The van der Waals surface area contributed by atoms with E-state index in [0.29, 0.717) is 6.42 Å². The number of hydrogen-bond donors (Lipinski definition) is 0. The molecule has 5 heteroatoms. The molecule has 0 radical (unpaired) electrons. The summed E-state index contributed by atoms with van der Waals surface area (Å²) in [4.78, 5) is 25.5. The minimum atomic E-state index is -0.840. The van der Waals surface area contributed by atoms with Crippen molar-refractivity contribution in [2.24, 2.45) is 12.0 Å². The molecule has 19 heavy (non-hydrogen) atoms. The maximum absolute atomic E-state index is 11.5. The van der Waals surface area contributed by atoms with Crippen molar-refractivity contribution in [1.29, 1.82) is 0 Å². The van der Waals surface area contributed by atoms with Gasteiger partial charge in [0.05, 0.1) is 7.11 Å². The molecule has 0 bridgehead atoms. The number of benzene rings is 1. The quantitative estimate of drug-likeness (QED) is 0.475. The Morgan fingerprint density at radius 1 is 1.47 bits per heavy atom. The van der Waals surface area contributed by atoms with Crippen LogP contribution in [0.15, 0.2) is 35.5 Å². The van der Waals surface area contributed by atoms with Crippen LogP contribution >= 0.6 is 0 Å². The van der Waals surface area contributed by atoms with Crippen LogP contribution in [-0.4, -0.2) is 29.8 Å². The number of aryl methyl sites for hydroxylation is 1. The van der Waals surface area contributed by atoms with E-state index in [0.717, 1.165) is 16.5 Å². The number of carbonyl (C=O) groups excluding carboxylic acids is 2. The van der Waals surface area contributed by atoms with Crippen LogP contribution in [0.25, 0.3) is 10.9 Å². The van der Waals surface area contributed by atoms with E-state index in [-0.39, 0.29) is 0 Å². The number of methoxy groups -OCH3 is 1. The molecule has 0 amide bonds. The zero-order valence-corrected chi connectivity index (χ0v) is 10.8. The molecule has 0 aliphatic heterocycles. The van der Waals surface area contributed by atoms with Crippen LogP contribution in [0, 0.1) is 0 Å². The van der Waals surface area contributed by atoms with E-state index in [4.69, 9.17) is 0 Å². The van der Waals surface area contributed by atoms with Crippen molar-refractivity contribution in [3.05, 3.63) is 36.0 Å². The number of nitrogens with zero attached hydrogens (tertiary/aromatic N) is 2. The Kier molecular flexibility index (Phi) is 3.78. The Balaban J connectivity index is 2.39. The van der Waals surface area contributed by atoms with Crippen LogP contribution < -0.4 is 0 Å². The molecule has 1 heterocycles. The monoisotopic (exact) mass is 258 g/mol. The van der Waals surface area contributed by atoms with E-state index in [1.165, 1.54) is 13.2 Å². The molecule has 0 saturated heterocycles. The number of carbonyl (C=O) groups is 1. The number of isocyanates is 1. The molecule has 0 N–H and O–H groups in total. The van der Waals surface area contributed by atoms with Crippen molar-refractivity contribution < 1.29 is 14.3 Å². The highest BCUT2D eigenvalue weighted by molar-refractivity contribution is 5.85. The SMILES string of the molecule is COC(=O)C(Cc1cn(C)c2ccccc12)N=C=O. The van der Waals surface area contributed by atoms with Crippen molar-refractivity contribution in [3.63, 3.8) is 0 Å². The second-order valence-electron chi connectivity index (χ2n) is 4.25. The summed E-state index contributed by atoms with van der Waals surface area (Å²) in [6, 6.07) is 7.02. The molecule has 0 aliphatic carbocycles. The topological polar surface area (TPSA) is 60.7 Å². The van der Waals surface area contributed by atoms with Gasteiger partial charge < -0.3 is 9.30 Å². The molecule has 5 nitrogen and oxygen atoms in total. The lowest BCUT2D eigenvalue weighted by Crippen LogP contribution is -2.22. The highest BCUT2D eigenvalue weighted by Gasteiger charge is 2.20. The highest BCUT2D eigenvalue weighted by atomic mass is 16.5. The minimum absolute atomic E-state index is 0.323. The third-order valence-electron chi connectivity index (χ3n) is 3.07. The van der Waals surface area contributed by atoms with E-state index in [1.807, 2.05) is 42.1 Å². The summed E-state index contributed by atoms with van der Waals surface area (Å²) in [6.45, 7) is 0. The summed E-state index contributed by atoms with van der Waals surface area (Å²) in [5.41, 5.74) is 2.02. The first-order chi connectivity index (χ1) is 9.17. The molecule has 98 valence electrons. The second-order valence-corrected chi connectivity index (χ2v) is 4.25. The van der Waals surface area contributed by atoms with Gasteiger partial charge in [-0.25, -0.2) is 9.59 Å². The number of rotatable bonds is 4. The van der Waals surface area contributed by atoms with Crippen molar-refractivity contribution in [1.82, 2.24) is 4.57 Å². The fourth-order valence-corrected chi connectivity index (χ4v) is 2.18. The third-order valence-corrected chi connectivity index (χ3v) is 3.07. The molecular weight excluding hydrogens is 244 g/mol. The van der Waals surface area contributed by atoms with Gasteiger partial charge in [-0.2, -0.15) is 4.99 Å². The number of aliphatic imine (C=N–C) groups is 1. The van der Waals surface area contributed by atoms with Crippen LogP contribution in [0.2, 0.25) is 0 Å². The van der Waals surface area contributed by atoms with Gasteiger partial charge in [0.2, 0.25) is 6.08 Å². The lowest BCUT2D eigenvalue weighted by molar-refractivity contribution is -0.142. The van der Waals surface area contributed by atoms with Gasteiger partial charge in [0.15, 0.2) is 6.04 Å². The molecular formula is C14H14N2O3. The van der Waals surface area contributed by atoms with Gasteiger partial charge >= 0.3 is 5.97 Å². The van der Waals surface area contributed by atoms with E-state index in [1.54, 1.807) is 0 Å². The van der Waals surface area contributed by atoms with Crippen LogP contribution in [0.1, 0.15) is 5.56 Å². The second kappa shape index (κ2) is 5.50. The average molecular weight is 258 g/mol. The number of para-hydroxylation sites is 1. The average Bonchev–Trinajstić information content (AvgIpc) is 2.75. The van der Waals surface area contributed by atoms with Gasteiger partial charge in [-0.3, -0.25) is 0 Å². The summed E-state index contributed by atoms with van der Waals surface area (Å²) in [6.07, 6.45) is 3.68. The van der Waals surface area contributed by atoms with Gasteiger partial charge in [0, 0.05) is 30.6 Å². The van der Waals surface area contributed by atoms with Crippen molar-refractivity contribution in [2.75, 3.05) is 7.11 Å². The molecule has 2 aromatic rings. The lowest BCUT2D eigenvalue weighted by atomic mass is 10.1. The predicted octanol–water partition coefficient (Wildman–Crippen LogP) is 1.60. The standard InChI is InChI=1S/C14H14N2O3/c1-16-8-10(11-5-3-4-6-13(11)16)7-12(15-9-17)14(18)19-2/h3-6,8,12H,7H2,1-2H3. The summed E-state index contributed by atoms with van der Waals surface area (Å²) in [5, 5.41) is 1.04. The first kappa shape index (κ1) is 13.1. The minimum Gasteiger partial charge on any atom is -0.467 e. The van der Waals surface area contributed by atoms with E-state index >= 15 is 0 Å². The first-order valence-electron chi connectivity index (χ1n) is 5.85. The Hall–Kier alpha value is -2.39. The van der Waals surface area contributed by atoms with Crippen molar-refractivity contribution >= 4 is 23.0 Å². The maximum atomic E-state index is 11.5. The van der Waals surface area contributed by atoms with Gasteiger partial charge in [0.25, 0.3) is 0 Å². The summed E-state index contributed by atoms with van der Waals surface area (Å²) >= 11 is 0. The first-order valence-corrected chi connectivity index (χ1v) is 5.85. The summed E-state index contributed by atoms with van der Waals surface area (Å²) in [5.74, 6) is -0.531. The van der Waals surface area contributed by atoms with Crippen molar-refractivity contribution in [3.8, 4) is 0 Å². The Morgan fingerprint density at radius 2 is 2.21 bits per heavy atom. The fourth-order valence-electron chi connectivity index (χ4n) is 2.18. The third kappa shape index (κ3) is 2.56. The maximum Gasteiger partial charge on any atom is 0.331 e. The Morgan fingerprint density at radius 3 is 2.89 bits per heavy atom.